The molecular formula is C15H24N4O2. The van der Waals surface area contributed by atoms with Gasteiger partial charge in [-0.3, -0.25) is 14.3 Å². The average Bonchev–Trinajstić information content (AvgIpc) is 2.76. The van der Waals surface area contributed by atoms with Gasteiger partial charge < -0.3 is 10.2 Å². The number of carbonyl (C=O) groups is 2. The predicted octanol–water partition coefficient (Wildman–Crippen LogP) is 1.07. The lowest BCUT2D eigenvalue weighted by Crippen LogP contribution is -2.67. The molecule has 0 radical (unpaired) electrons. The van der Waals surface area contributed by atoms with Gasteiger partial charge in [-0.05, 0) is 32.3 Å². The van der Waals surface area contributed by atoms with Crippen LogP contribution in [0, 0.1) is 5.92 Å². The number of amides is 2. The van der Waals surface area contributed by atoms with Gasteiger partial charge in [-0.2, -0.15) is 5.10 Å². The molecule has 21 heavy (non-hydrogen) atoms. The summed E-state index contributed by atoms with van der Waals surface area (Å²) in [5.74, 6) is 0.198. The van der Waals surface area contributed by atoms with Gasteiger partial charge in [-0.15, -0.1) is 0 Å². The topological polar surface area (TPSA) is 67.2 Å². The molecule has 1 saturated heterocycles. The van der Waals surface area contributed by atoms with E-state index in [1.165, 1.54) is 0 Å². The number of carbonyl (C=O) groups excluding carboxylic acids is 2. The maximum atomic E-state index is 12.7. The third kappa shape index (κ3) is 3.25. The molecule has 0 saturated carbocycles. The summed E-state index contributed by atoms with van der Waals surface area (Å²) in [5, 5.41) is 7.14. The van der Waals surface area contributed by atoms with Gasteiger partial charge in [-0.1, -0.05) is 13.8 Å². The summed E-state index contributed by atoms with van der Waals surface area (Å²) < 4.78 is 1.70. The highest BCUT2D eigenvalue weighted by Crippen LogP contribution is 2.24. The fourth-order valence-corrected chi connectivity index (χ4v) is 2.67. The van der Waals surface area contributed by atoms with E-state index in [1.807, 2.05) is 19.3 Å². The van der Waals surface area contributed by atoms with Crippen LogP contribution in [0.5, 0.6) is 0 Å². The van der Waals surface area contributed by atoms with Gasteiger partial charge in [0, 0.05) is 13.2 Å². The van der Waals surface area contributed by atoms with Gasteiger partial charge in [-0.25, -0.2) is 0 Å². The number of piperazine rings is 1. The Labute approximate surface area is 125 Å². The molecule has 1 fully saturated rings. The smallest absolute Gasteiger partial charge is 0.248 e. The first-order valence-electron chi connectivity index (χ1n) is 7.32. The van der Waals surface area contributed by atoms with Crippen LogP contribution < -0.4 is 5.32 Å². The Balaban J connectivity index is 2.28. The van der Waals surface area contributed by atoms with E-state index < -0.39 is 11.6 Å². The van der Waals surface area contributed by atoms with Gasteiger partial charge >= 0.3 is 0 Å². The zero-order chi connectivity index (χ0) is 15.8. The Morgan fingerprint density at radius 1 is 1.38 bits per heavy atom. The minimum atomic E-state index is -0.862. The number of nitrogens with zero attached hydrogens (tertiary/aromatic N) is 3. The Morgan fingerprint density at radius 2 is 2.05 bits per heavy atom. The maximum Gasteiger partial charge on any atom is 0.248 e. The van der Waals surface area contributed by atoms with Crippen molar-refractivity contribution in [2.45, 2.75) is 52.2 Å². The van der Waals surface area contributed by atoms with E-state index in [2.05, 4.69) is 24.3 Å². The number of aromatic nitrogens is 2. The summed E-state index contributed by atoms with van der Waals surface area (Å²) in [5.41, 5.74) is -0.0654. The molecule has 1 aromatic heterocycles. The predicted molar refractivity (Wildman–Crippen MR) is 79.2 cm³/mol. The standard InChI is InChI=1S/C15H24N4O2/c1-10(2)8-12-13(20)16-15(3,4)14(21)19(12)9-11-6-7-18(5)17-11/h6-7,10,12H,8-9H2,1-5H3,(H,16,20). The van der Waals surface area contributed by atoms with Crippen LogP contribution in [0.15, 0.2) is 12.3 Å². The summed E-state index contributed by atoms with van der Waals surface area (Å²) >= 11 is 0. The average molecular weight is 292 g/mol. The highest BCUT2D eigenvalue weighted by Gasteiger charge is 2.45. The first kappa shape index (κ1) is 15.5. The Bertz CT molecular complexity index is 548. The van der Waals surface area contributed by atoms with Gasteiger partial charge in [0.15, 0.2) is 0 Å². The number of hydrogen-bond donors (Lipinski definition) is 1. The Hall–Kier alpha value is -1.85. The number of nitrogens with one attached hydrogen (secondary N) is 1. The molecule has 0 aromatic carbocycles. The van der Waals surface area contributed by atoms with E-state index in [0.717, 1.165) is 5.69 Å². The van der Waals surface area contributed by atoms with Crippen LogP contribution in [-0.2, 0) is 23.2 Å². The molecule has 6 nitrogen and oxygen atoms in total. The summed E-state index contributed by atoms with van der Waals surface area (Å²) in [6.07, 6.45) is 2.49. The van der Waals surface area contributed by atoms with Gasteiger partial charge in [0.1, 0.15) is 11.6 Å². The minimum absolute atomic E-state index is 0.0570. The van der Waals surface area contributed by atoms with E-state index in [-0.39, 0.29) is 11.8 Å². The normalized spacial score (nSPS) is 21.8. The van der Waals surface area contributed by atoms with Gasteiger partial charge in [0.25, 0.3) is 0 Å². The van der Waals surface area contributed by atoms with Crippen molar-refractivity contribution < 1.29 is 9.59 Å². The van der Waals surface area contributed by atoms with E-state index in [1.54, 1.807) is 23.4 Å². The molecule has 1 aliphatic rings. The minimum Gasteiger partial charge on any atom is -0.340 e. The molecule has 2 amide bonds. The lowest BCUT2D eigenvalue weighted by molar-refractivity contribution is -0.155. The maximum absolute atomic E-state index is 12.7. The lowest BCUT2D eigenvalue weighted by atomic mass is 9.92. The van der Waals surface area contributed by atoms with Crippen molar-refractivity contribution >= 4 is 11.8 Å². The van der Waals surface area contributed by atoms with E-state index in [4.69, 9.17) is 0 Å². The molecule has 1 N–H and O–H groups in total. The van der Waals surface area contributed by atoms with Crippen molar-refractivity contribution in [1.82, 2.24) is 20.0 Å². The van der Waals surface area contributed by atoms with Crippen LogP contribution in [0.2, 0.25) is 0 Å². The Morgan fingerprint density at radius 3 is 2.57 bits per heavy atom. The molecular weight excluding hydrogens is 268 g/mol. The molecule has 6 heteroatoms. The highest BCUT2D eigenvalue weighted by molar-refractivity contribution is 5.99. The van der Waals surface area contributed by atoms with Crippen LogP contribution in [-0.4, -0.2) is 38.1 Å². The SMILES string of the molecule is CC(C)CC1C(=O)NC(C)(C)C(=O)N1Cc1ccn(C)n1. The van der Waals surface area contributed by atoms with Crippen LogP contribution in [0.3, 0.4) is 0 Å². The summed E-state index contributed by atoms with van der Waals surface area (Å²) in [4.78, 5) is 26.7. The van der Waals surface area contributed by atoms with Crippen molar-refractivity contribution in [2.24, 2.45) is 13.0 Å². The highest BCUT2D eigenvalue weighted by atomic mass is 16.2. The van der Waals surface area contributed by atoms with Crippen LogP contribution >= 0.6 is 0 Å². The first-order chi connectivity index (χ1) is 9.70. The molecule has 116 valence electrons. The second kappa shape index (κ2) is 5.50. The molecule has 1 unspecified atom stereocenters. The molecule has 2 heterocycles. The summed E-state index contributed by atoms with van der Waals surface area (Å²) in [7, 11) is 1.84. The Kier molecular flexibility index (Phi) is 4.07. The van der Waals surface area contributed by atoms with Crippen LogP contribution in [0.1, 0.15) is 39.8 Å². The number of rotatable bonds is 4. The van der Waals surface area contributed by atoms with Crippen molar-refractivity contribution in [2.75, 3.05) is 0 Å². The fourth-order valence-electron chi connectivity index (χ4n) is 2.67. The molecule has 1 atom stereocenters. The first-order valence-corrected chi connectivity index (χ1v) is 7.32. The summed E-state index contributed by atoms with van der Waals surface area (Å²) in [6, 6.07) is 1.45. The summed E-state index contributed by atoms with van der Waals surface area (Å²) in [6.45, 7) is 7.95. The van der Waals surface area contributed by atoms with Crippen LogP contribution in [0.4, 0.5) is 0 Å². The zero-order valence-corrected chi connectivity index (χ0v) is 13.4. The molecule has 0 spiro atoms. The molecule has 1 aliphatic heterocycles. The molecule has 0 aliphatic carbocycles. The quantitative estimate of drug-likeness (QED) is 0.902. The molecule has 2 rings (SSSR count). The van der Waals surface area contributed by atoms with Gasteiger partial charge in [0.05, 0.1) is 12.2 Å². The van der Waals surface area contributed by atoms with E-state index in [0.29, 0.717) is 18.9 Å². The monoisotopic (exact) mass is 292 g/mol. The second-order valence-electron chi connectivity index (χ2n) is 6.67. The van der Waals surface area contributed by atoms with Crippen molar-refractivity contribution in [3.05, 3.63) is 18.0 Å². The van der Waals surface area contributed by atoms with Crippen molar-refractivity contribution in [3.63, 3.8) is 0 Å². The van der Waals surface area contributed by atoms with Crippen LogP contribution in [0.25, 0.3) is 0 Å². The molecule has 1 aromatic rings. The van der Waals surface area contributed by atoms with Gasteiger partial charge in [0.2, 0.25) is 11.8 Å². The zero-order valence-electron chi connectivity index (χ0n) is 13.4. The van der Waals surface area contributed by atoms with E-state index in [9.17, 15) is 9.59 Å². The lowest BCUT2D eigenvalue weighted by Gasteiger charge is -2.43. The molecule has 0 bridgehead atoms. The third-order valence-corrected chi connectivity index (χ3v) is 3.71. The number of aryl methyl sites for hydroxylation is 1. The largest absolute Gasteiger partial charge is 0.340 e. The van der Waals surface area contributed by atoms with Crippen molar-refractivity contribution in [3.8, 4) is 0 Å². The second-order valence-corrected chi connectivity index (χ2v) is 6.67. The number of hydrogen-bond acceptors (Lipinski definition) is 3. The van der Waals surface area contributed by atoms with Crippen molar-refractivity contribution in [1.29, 1.82) is 0 Å². The van der Waals surface area contributed by atoms with E-state index >= 15 is 0 Å². The fraction of sp³-hybridized carbons (Fsp3) is 0.667. The third-order valence-electron chi connectivity index (χ3n) is 3.71.